The highest BCUT2D eigenvalue weighted by Crippen LogP contribution is 2.18. The van der Waals surface area contributed by atoms with Gasteiger partial charge in [-0.2, -0.15) is 0 Å². The van der Waals surface area contributed by atoms with Gasteiger partial charge in [-0.25, -0.2) is 0 Å². The lowest BCUT2D eigenvalue weighted by atomic mass is 10.0. The van der Waals surface area contributed by atoms with Crippen LogP contribution in [0.25, 0.3) is 0 Å². The predicted octanol–water partition coefficient (Wildman–Crippen LogP) is 2.05. The molecule has 1 rings (SSSR count). The molecule has 0 amide bonds. The zero-order valence-corrected chi connectivity index (χ0v) is 7.67. The topological polar surface area (TPSA) is 52.0 Å². The van der Waals surface area contributed by atoms with Crippen LogP contribution in [-0.2, 0) is 6.42 Å². The van der Waals surface area contributed by atoms with Gasteiger partial charge in [0, 0.05) is 0 Å². The van der Waals surface area contributed by atoms with Crippen LogP contribution < -0.4 is 11.5 Å². The third-order valence-electron chi connectivity index (χ3n) is 1.80. The van der Waals surface area contributed by atoms with Crippen molar-refractivity contribution in [3.63, 3.8) is 0 Å². The standard InChI is InChI=1S/C10H16N2/c1-7(2)5-8-3-4-9(11)10(12)6-8/h3-4,6-7H,5,11-12H2,1-2H3. The first-order chi connectivity index (χ1) is 5.59. The number of hydrogen-bond acceptors (Lipinski definition) is 2. The second kappa shape index (κ2) is 3.48. The Kier molecular flexibility index (Phi) is 2.58. The molecule has 0 aliphatic heterocycles. The van der Waals surface area contributed by atoms with Gasteiger partial charge in [0.1, 0.15) is 0 Å². The molecule has 0 bridgehead atoms. The molecule has 0 atom stereocenters. The Bertz CT molecular complexity index is 267. The Morgan fingerprint density at radius 3 is 2.33 bits per heavy atom. The third kappa shape index (κ3) is 2.16. The fraction of sp³-hybridized carbons (Fsp3) is 0.400. The van der Waals surface area contributed by atoms with Crippen LogP contribution in [0.15, 0.2) is 18.2 Å². The highest BCUT2D eigenvalue weighted by molar-refractivity contribution is 5.63. The molecule has 0 aromatic heterocycles. The summed E-state index contributed by atoms with van der Waals surface area (Å²) in [6, 6.07) is 5.86. The van der Waals surface area contributed by atoms with E-state index in [1.54, 1.807) is 0 Å². The monoisotopic (exact) mass is 164 g/mol. The molecule has 1 aromatic rings. The number of hydrogen-bond donors (Lipinski definition) is 2. The quantitative estimate of drug-likeness (QED) is 0.657. The fourth-order valence-electron chi connectivity index (χ4n) is 1.22. The van der Waals surface area contributed by atoms with Gasteiger partial charge in [-0.15, -0.1) is 0 Å². The molecule has 0 aliphatic rings. The van der Waals surface area contributed by atoms with Gasteiger partial charge < -0.3 is 11.5 Å². The molecule has 0 unspecified atom stereocenters. The fourth-order valence-corrected chi connectivity index (χ4v) is 1.22. The van der Waals surface area contributed by atoms with Crippen LogP contribution in [-0.4, -0.2) is 0 Å². The largest absolute Gasteiger partial charge is 0.397 e. The van der Waals surface area contributed by atoms with Crippen molar-refractivity contribution >= 4 is 11.4 Å². The first kappa shape index (κ1) is 8.91. The SMILES string of the molecule is CC(C)Cc1ccc(N)c(N)c1. The summed E-state index contributed by atoms with van der Waals surface area (Å²) in [6.45, 7) is 4.37. The van der Waals surface area contributed by atoms with Gasteiger partial charge >= 0.3 is 0 Å². The van der Waals surface area contributed by atoms with Gasteiger partial charge in [0.05, 0.1) is 11.4 Å². The molecule has 0 fully saturated rings. The molecule has 0 radical (unpaired) electrons. The Morgan fingerprint density at radius 2 is 1.83 bits per heavy atom. The van der Waals surface area contributed by atoms with Crippen LogP contribution in [0.5, 0.6) is 0 Å². The molecule has 0 aliphatic carbocycles. The van der Waals surface area contributed by atoms with Crippen molar-refractivity contribution < 1.29 is 0 Å². The van der Waals surface area contributed by atoms with E-state index in [-0.39, 0.29) is 0 Å². The maximum absolute atomic E-state index is 5.67. The molecule has 0 saturated heterocycles. The molecule has 0 heterocycles. The van der Waals surface area contributed by atoms with E-state index >= 15 is 0 Å². The van der Waals surface area contributed by atoms with Gasteiger partial charge in [0.2, 0.25) is 0 Å². The smallest absolute Gasteiger partial charge is 0.0550 e. The summed E-state index contributed by atoms with van der Waals surface area (Å²) in [4.78, 5) is 0. The van der Waals surface area contributed by atoms with E-state index in [1.165, 1.54) is 5.56 Å². The lowest BCUT2D eigenvalue weighted by Crippen LogP contribution is -1.98. The van der Waals surface area contributed by atoms with Gasteiger partial charge in [0.25, 0.3) is 0 Å². The molecular formula is C10H16N2. The third-order valence-corrected chi connectivity index (χ3v) is 1.80. The van der Waals surface area contributed by atoms with Crippen LogP contribution in [0.3, 0.4) is 0 Å². The number of nitrogens with two attached hydrogens (primary N) is 2. The van der Waals surface area contributed by atoms with Crippen LogP contribution in [0.4, 0.5) is 11.4 Å². The highest BCUT2D eigenvalue weighted by atomic mass is 14.7. The summed E-state index contributed by atoms with van der Waals surface area (Å²) >= 11 is 0. The molecule has 0 saturated carbocycles. The van der Waals surface area contributed by atoms with E-state index in [0.29, 0.717) is 17.3 Å². The molecule has 4 N–H and O–H groups in total. The number of nitrogen functional groups attached to an aromatic ring is 2. The molecule has 66 valence electrons. The van der Waals surface area contributed by atoms with Crippen molar-refractivity contribution in [2.24, 2.45) is 5.92 Å². The second-order valence-electron chi connectivity index (χ2n) is 3.56. The molecule has 1 aromatic carbocycles. The minimum absolute atomic E-state index is 0.660. The van der Waals surface area contributed by atoms with E-state index in [1.807, 2.05) is 18.2 Å². The normalized spacial score (nSPS) is 10.6. The van der Waals surface area contributed by atoms with Gasteiger partial charge in [-0.05, 0) is 30.0 Å². The maximum atomic E-state index is 5.67. The van der Waals surface area contributed by atoms with Gasteiger partial charge in [-0.1, -0.05) is 19.9 Å². The highest BCUT2D eigenvalue weighted by Gasteiger charge is 1.99. The Morgan fingerprint density at radius 1 is 1.17 bits per heavy atom. The van der Waals surface area contributed by atoms with Gasteiger partial charge in [0.15, 0.2) is 0 Å². The van der Waals surface area contributed by atoms with E-state index in [4.69, 9.17) is 11.5 Å². The minimum Gasteiger partial charge on any atom is -0.397 e. The first-order valence-corrected chi connectivity index (χ1v) is 4.23. The maximum Gasteiger partial charge on any atom is 0.0550 e. The zero-order chi connectivity index (χ0) is 9.14. The van der Waals surface area contributed by atoms with E-state index in [9.17, 15) is 0 Å². The number of benzene rings is 1. The van der Waals surface area contributed by atoms with Crippen molar-refractivity contribution in [1.29, 1.82) is 0 Å². The van der Waals surface area contributed by atoms with E-state index in [0.717, 1.165) is 6.42 Å². The molecular weight excluding hydrogens is 148 g/mol. The van der Waals surface area contributed by atoms with Crippen molar-refractivity contribution in [3.8, 4) is 0 Å². The predicted molar refractivity (Wildman–Crippen MR) is 53.8 cm³/mol. The molecule has 0 spiro atoms. The van der Waals surface area contributed by atoms with Crippen LogP contribution in [0.2, 0.25) is 0 Å². The van der Waals surface area contributed by atoms with Gasteiger partial charge in [-0.3, -0.25) is 0 Å². The van der Waals surface area contributed by atoms with E-state index in [2.05, 4.69) is 13.8 Å². The second-order valence-corrected chi connectivity index (χ2v) is 3.56. The number of anilines is 2. The molecule has 2 nitrogen and oxygen atoms in total. The van der Waals surface area contributed by atoms with Crippen molar-refractivity contribution in [2.45, 2.75) is 20.3 Å². The summed E-state index contributed by atoms with van der Waals surface area (Å²) in [6.07, 6.45) is 1.06. The number of rotatable bonds is 2. The van der Waals surface area contributed by atoms with Crippen molar-refractivity contribution in [2.75, 3.05) is 11.5 Å². The average molecular weight is 164 g/mol. The van der Waals surface area contributed by atoms with Crippen LogP contribution in [0.1, 0.15) is 19.4 Å². The summed E-state index contributed by atoms with van der Waals surface area (Å²) < 4.78 is 0. The van der Waals surface area contributed by atoms with Crippen molar-refractivity contribution in [1.82, 2.24) is 0 Å². The summed E-state index contributed by atoms with van der Waals surface area (Å²) in [5.41, 5.74) is 13.9. The van der Waals surface area contributed by atoms with Crippen LogP contribution in [0, 0.1) is 5.92 Å². The zero-order valence-electron chi connectivity index (χ0n) is 7.67. The summed E-state index contributed by atoms with van der Waals surface area (Å²) in [7, 11) is 0. The molecule has 12 heavy (non-hydrogen) atoms. The lowest BCUT2D eigenvalue weighted by molar-refractivity contribution is 0.647. The first-order valence-electron chi connectivity index (χ1n) is 4.23. The minimum atomic E-state index is 0.660. The summed E-state index contributed by atoms with van der Waals surface area (Å²) in [5.74, 6) is 0.660. The van der Waals surface area contributed by atoms with E-state index < -0.39 is 0 Å². The Labute approximate surface area is 73.6 Å². The summed E-state index contributed by atoms with van der Waals surface area (Å²) in [5, 5.41) is 0. The Balaban J connectivity index is 2.82. The van der Waals surface area contributed by atoms with Crippen molar-refractivity contribution in [3.05, 3.63) is 23.8 Å². The Hall–Kier alpha value is -1.18. The molecule has 2 heteroatoms. The lowest BCUT2D eigenvalue weighted by Gasteiger charge is -2.06. The van der Waals surface area contributed by atoms with Crippen LogP contribution >= 0.6 is 0 Å². The average Bonchev–Trinajstić information content (AvgIpc) is 1.96.